The largest absolute Gasteiger partial charge is 0.388 e. The summed E-state index contributed by atoms with van der Waals surface area (Å²) in [5.41, 5.74) is 1.68. The normalized spacial score (nSPS) is 13.2. The van der Waals surface area contributed by atoms with E-state index in [1.54, 1.807) is 24.5 Å². The summed E-state index contributed by atoms with van der Waals surface area (Å²) in [5.74, 6) is 0. The smallest absolute Gasteiger partial charge is 0.175 e. The van der Waals surface area contributed by atoms with Crippen LogP contribution in [0.25, 0.3) is 0 Å². The van der Waals surface area contributed by atoms with Crippen LogP contribution in [0.2, 0.25) is 0 Å². The Labute approximate surface area is 112 Å². The summed E-state index contributed by atoms with van der Waals surface area (Å²) in [7, 11) is -3.19. The Balaban J connectivity index is 2.14. The maximum Gasteiger partial charge on any atom is 0.175 e. The molecule has 0 spiro atoms. The Hall–Kier alpha value is -1.72. The number of hydrogen-bond donors (Lipinski definition) is 1. The third-order valence-electron chi connectivity index (χ3n) is 2.87. The molecule has 1 heterocycles. The van der Waals surface area contributed by atoms with Crippen molar-refractivity contribution in [3.05, 3.63) is 59.9 Å². The van der Waals surface area contributed by atoms with E-state index >= 15 is 0 Å². The molecule has 0 saturated heterocycles. The lowest BCUT2D eigenvalue weighted by atomic mass is 10.0. The summed E-state index contributed by atoms with van der Waals surface area (Å²) < 4.78 is 22.7. The van der Waals surface area contributed by atoms with Gasteiger partial charge >= 0.3 is 0 Å². The molecule has 2 rings (SSSR count). The highest BCUT2D eigenvalue weighted by molar-refractivity contribution is 7.90. The topological polar surface area (TPSA) is 67.3 Å². The molecule has 0 aliphatic carbocycles. The molecule has 1 aromatic carbocycles. The molecule has 19 heavy (non-hydrogen) atoms. The fraction of sp³-hybridized carbons (Fsp3) is 0.214. The van der Waals surface area contributed by atoms with Gasteiger partial charge in [-0.05, 0) is 35.4 Å². The molecule has 0 aliphatic heterocycles. The molecule has 2 aromatic rings. The lowest BCUT2D eigenvalue weighted by Gasteiger charge is -2.11. The molecular formula is C14H15NO3S. The van der Waals surface area contributed by atoms with Crippen molar-refractivity contribution in [3.8, 4) is 0 Å². The fourth-order valence-corrected chi connectivity index (χ4v) is 2.43. The lowest BCUT2D eigenvalue weighted by Crippen LogP contribution is -2.03. The van der Waals surface area contributed by atoms with Crippen LogP contribution in [0.3, 0.4) is 0 Å². The van der Waals surface area contributed by atoms with Gasteiger partial charge in [0, 0.05) is 25.1 Å². The van der Waals surface area contributed by atoms with Gasteiger partial charge in [-0.2, -0.15) is 0 Å². The lowest BCUT2D eigenvalue weighted by molar-refractivity contribution is 0.178. The highest BCUT2D eigenvalue weighted by atomic mass is 32.2. The Morgan fingerprint density at radius 2 is 1.68 bits per heavy atom. The van der Waals surface area contributed by atoms with Crippen molar-refractivity contribution in [1.82, 2.24) is 4.98 Å². The molecule has 1 atom stereocenters. The molecule has 1 unspecified atom stereocenters. The quantitative estimate of drug-likeness (QED) is 0.924. The third kappa shape index (κ3) is 3.62. The van der Waals surface area contributed by atoms with Gasteiger partial charge in [-0.3, -0.25) is 4.98 Å². The zero-order chi connectivity index (χ0) is 13.9. The third-order valence-corrected chi connectivity index (χ3v) is 4.00. The Morgan fingerprint density at radius 1 is 1.11 bits per heavy atom. The molecule has 1 aromatic heterocycles. The minimum Gasteiger partial charge on any atom is -0.388 e. The van der Waals surface area contributed by atoms with Gasteiger partial charge in [0.1, 0.15) is 0 Å². The van der Waals surface area contributed by atoms with Crippen LogP contribution in [0, 0.1) is 0 Å². The molecule has 5 heteroatoms. The summed E-state index contributed by atoms with van der Waals surface area (Å²) in [6, 6.07) is 9.99. The van der Waals surface area contributed by atoms with Crippen LogP contribution < -0.4 is 0 Å². The fourth-order valence-electron chi connectivity index (χ4n) is 1.80. The van der Waals surface area contributed by atoms with Crippen molar-refractivity contribution in [2.75, 3.05) is 6.26 Å². The summed E-state index contributed by atoms with van der Waals surface area (Å²) >= 11 is 0. The molecule has 100 valence electrons. The Bertz CT molecular complexity index is 636. The van der Waals surface area contributed by atoms with Crippen LogP contribution in [0.15, 0.2) is 53.7 Å². The first kappa shape index (κ1) is 13.7. The number of hydrogen-bond acceptors (Lipinski definition) is 4. The zero-order valence-electron chi connectivity index (χ0n) is 10.5. The molecule has 1 N–H and O–H groups in total. The molecule has 4 nitrogen and oxygen atoms in total. The van der Waals surface area contributed by atoms with E-state index in [0.29, 0.717) is 12.0 Å². The van der Waals surface area contributed by atoms with Crippen LogP contribution in [0.5, 0.6) is 0 Å². The van der Waals surface area contributed by atoms with Gasteiger partial charge in [0.15, 0.2) is 9.84 Å². The first-order chi connectivity index (χ1) is 8.97. The van der Waals surface area contributed by atoms with Crippen molar-refractivity contribution in [2.24, 2.45) is 0 Å². The van der Waals surface area contributed by atoms with Gasteiger partial charge in [0.05, 0.1) is 11.0 Å². The average Bonchev–Trinajstić information content (AvgIpc) is 2.39. The van der Waals surface area contributed by atoms with E-state index in [0.717, 1.165) is 11.8 Å². The predicted octanol–water partition coefficient (Wildman–Crippen LogP) is 1.76. The van der Waals surface area contributed by atoms with Crippen molar-refractivity contribution >= 4 is 9.84 Å². The van der Waals surface area contributed by atoms with Gasteiger partial charge in [-0.15, -0.1) is 0 Å². The van der Waals surface area contributed by atoms with Crippen molar-refractivity contribution < 1.29 is 13.5 Å². The highest BCUT2D eigenvalue weighted by Gasteiger charge is 2.11. The Kier molecular flexibility index (Phi) is 3.97. The highest BCUT2D eigenvalue weighted by Crippen LogP contribution is 2.20. The summed E-state index contributed by atoms with van der Waals surface area (Å²) in [5, 5.41) is 10.1. The maximum absolute atomic E-state index is 11.3. The van der Waals surface area contributed by atoms with Crippen LogP contribution in [0.1, 0.15) is 17.2 Å². The maximum atomic E-state index is 11.3. The van der Waals surface area contributed by atoms with Crippen LogP contribution in [0.4, 0.5) is 0 Å². The number of nitrogens with zero attached hydrogens (tertiary/aromatic N) is 1. The van der Waals surface area contributed by atoms with Gasteiger partial charge in [0.25, 0.3) is 0 Å². The first-order valence-electron chi connectivity index (χ1n) is 5.84. The van der Waals surface area contributed by atoms with Gasteiger partial charge in [0.2, 0.25) is 0 Å². The van der Waals surface area contributed by atoms with Gasteiger partial charge in [-0.25, -0.2) is 8.42 Å². The number of benzene rings is 1. The second-order valence-corrected chi connectivity index (χ2v) is 6.43. The molecule has 0 aliphatic rings. The van der Waals surface area contributed by atoms with Crippen LogP contribution in [-0.4, -0.2) is 24.8 Å². The monoisotopic (exact) mass is 277 g/mol. The number of aliphatic hydroxyl groups is 1. The van der Waals surface area contributed by atoms with Crippen molar-refractivity contribution in [1.29, 1.82) is 0 Å². The number of sulfone groups is 1. The molecule has 0 amide bonds. The SMILES string of the molecule is CS(=O)(=O)c1ccc(C(O)Cc2ccncc2)cc1. The number of aromatic nitrogens is 1. The predicted molar refractivity (Wildman–Crippen MR) is 72.5 cm³/mol. The van der Waals surface area contributed by atoms with E-state index < -0.39 is 15.9 Å². The zero-order valence-corrected chi connectivity index (χ0v) is 11.3. The molecule has 0 saturated carbocycles. The van der Waals surface area contributed by atoms with Gasteiger partial charge in [-0.1, -0.05) is 12.1 Å². The molecule has 0 radical (unpaired) electrons. The van der Waals surface area contributed by atoms with Crippen molar-refractivity contribution in [2.45, 2.75) is 17.4 Å². The second kappa shape index (κ2) is 5.50. The average molecular weight is 277 g/mol. The molecule has 0 bridgehead atoms. The van der Waals surface area contributed by atoms with E-state index in [-0.39, 0.29) is 4.90 Å². The minimum absolute atomic E-state index is 0.257. The van der Waals surface area contributed by atoms with E-state index in [2.05, 4.69) is 4.98 Å². The summed E-state index contributed by atoms with van der Waals surface area (Å²) in [6.07, 6.45) is 4.33. The minimum atomic E-state index is -3.19. The second-order valence-electron chi connectivity index (χ2n) is 4.42. The van der Waals surface area contributed by atoms with Crippen LogP contribution >= 0.6 is 0 Å². The number of aliphatic hydroxyl groups excluding tert-OH is 1. The summed E-state index contributed by atoms with van der Waals surface area (Å²) in [4.78, 5) is 4.17. The first-order valence-corrected chi connectivity index (χ1v) is 7.73. The van der Waals surface area contributed by atoms with E-state index in [1.807, 2.05) is 12.1 Å². The Morgan fingerprint density at radius 3 is 2.21 bits per heavy atom. The van der Waals surface area contributed by atoms with E-state index in [9.17, 15) is 13.5 Å². The van der Waals surface area contributed by atoms with Gasteiger partial charge < -0.3 is 5.11 Å². The van der Waals surface area contributed by atoms with Crippen molar-refractivity contribution in [3.63, 3.8) is 0 Å². The number of rotatable bonds is 4. The molecular weight excluding hydrogens is 262 g/mol. The summed E-state index contributed by atoms with van der Waals surface area (Å²) in [6.45, 7) is 0. The number of pyridine rings is 1. The standard InChI is InChI=1S/C14H15NO3S/c1-19(17,18)13-4-2-12(3-5-13)14(16)10-11-6-8-15-9-7-11/h2-9,14,16H,10H2,1H3. The van der Waals surface area contributed by atoms with E-state index in [4.69, 9.17) is 0 Å². The molecule has 0 fully saturated rings. The van der Waals surface area contributed by atoms with Crippen LogP contribution in [-0.2, 0) is 16.3 Å². The van der Waals surface area contributed by atoms with E-state index in [1.165, 1.54) is 12.1 Å².